The Hall–Kier alpha value is -1.96. The fraction of sp³-hybridized carbons (Fsp3) is 0.350. The van der Waals surface area contributed by atoms with E-state index in [4.69, 9.17) is 11.6 Å². The first-order valence-corrected chi connectivity index (χ1v) is 11.0. The average Bonchev–Trinajstić information content (AvgIpc) is 2.65. The van der Waals surface area contributed by atoms with E-state index in [0.29, 0.717) is 10.7 Å². The van der Waals surface area contributed by atoms with Gasteiger partial charge in [-0.05, 0) is 49.1 Å². The molecule has 3 rings (SSSR count). The summed E-state index contributed by atoms with van der Waals surface area (Å²) in [5.41, 5.74) is -0.0459. The second kappa shape index (κ2) is 8.59. The summed E-state index contributed by atoms with van der Waals surface area (Å²) in [4.78, 5) is 12.3. The van der Waals surface area contributed by atoms with Gasteiger partial charge < -0.3 is 5.32 Å². The fourth-order valence-electron chi connectivity index (χ4n) is 3.36. The van der Waals surface area contributed by atoms with Crippen molar-refractivity contribution in [2.45, 2.75) is 43.5 Å². The van der Waals surface area contributed by atoms with Gasteiger partial charge in [0.15, 0.2) is 0 Å². The zero-order valence-corrected chi connectivity index (χ0v) is 17.0. The number of halogens is 2. The second-order valence-corrected chi connectivity index (χ2v) is 9.19. The molecule has 0 aliphatic heterocycles. The van der Waals surface area contributed by atoms with Crippen molar-refractivity contribution in [1.82, 2.24) is 4.72 Å². The number of carbonyl (C=O) groups is 1. The van der Waals surface area contributed by atoms with E-state index in [-0.39, 0.29) is 22.4 Å². The number of rotatable bonds is 5. The molecule has 150 valence electrons. The first-order valence-electron chi connectivity index (χ1n) is 9.15. The predicted molar refractivity (Wildman–Crippen MR) is 108 cm³/mol. The van der Waals surface area contributed by atoms with Gasteiger partial charge >= 0.3 is 0 Å². The average molecular weight is 425 g/mol. The van der Waals surface area contributed by atoms with Crippen LogP contribution in [-0.4, -0.2) is 20.4 Å². The SMILES string of the molecule is C[C@@H]1CCCC[C@@H]1NS(=O)(=O)c1ccc(F)c(C(=O)Nc2ccccc2Cl)c1. The molecule has 0 spiro atoms. The van der Waals surface area contributed by atoms with Gasteiger partial charge in [-0.1, -0.05) is 43.5 Å². The molecule has 2 atom stereocenters. The van der Waals surface area contributed by atoms with E-state index in [1.54, 1.807) is 24.3 Å². The van der Waals surface area contributed by atoms with Crippen LogP contribution < -0.4 is 10.0 Å². The van der Waals surface area contributed by atoms with Crippen LogP contribution in [0.5, 0.6) is 0 Å². The summed E-state index contributed by atoms with van der Waals surface area (Å²) < 4.78 is 42.4. The van der Waals surface area contributed by atoms with Crippen molar-refractivity contribution in [2.24, 2.45) is 5.92 Å². The van der Waals surface area contributed by atoms with Crippen LogP contribution in [0, 0.1) is 11.7 Å². The Morgan fingerprint density at radius 3 is 2.57 bits per heavy atom. The summed E-state index contributed by atoms with van der Waals surface area (Å²) in [6, 6.07) is 9.57. The number of anilines is 1. The van der Waals surface area contributed by atoms with Gasteiger partial charge in [0.1, 0.15) is 5.82 Å². The number of hydrogen-bond acceptors (Lipinski definition) is 3. The minimum atomic E-state index is -3.87. The quantitative estimate of drug-likeness (QED) is 0.737. The maximum atomic E-state index is 14.2. The standard InChI is InChI=1S/C20H22ClFN2O3S/c1-13-6-2-4-8-18(13)24-28(26,27)14-10-11-17(22)15(12-14)20(25)23-19-9-5-3-7-16(19)21/h3,5,7,9-13,18,24H,2,4,6,8H2,1H3,(H,23,25)/t13-,18+/m1/s1. The third-order valence-corrected chi connectivity index (χ3v) is 6.85. The molecule has 2 N–H and O–H groups in total. The summed E-state index contributed by atoms with van der Waals surface area (Å²) in [6.45, 7) is 2.01. The summed E-state index contributed by atoms with van der Waals surface area (Å²) in [5, 5.41) is 2.81. The lowest BCUT2D eigenvalue weighted by molar-refractivity contribution is 0.102. The van der Waals surface area contributed by atoms with Gasteiger partial charge in [-0.2, -0.15) is 0 Å². The normalized spacial score (nSPS) is 20.0. The van der Waals surface area contributed by atoms with Gasteiger partial charge in [0.25, 0.3) is 5.91 Å². The number of nitrogens with one attached hydrogen (secondary N) is 2. The van der Waals surface area contributed by atoms with Crippen molar-refractivity contribution in [3.8, 4) is 0 Å². The molecule has 0 radical (unpaired) electrons. The number of amides is 1. The Kier molecular flexibility index (Phi) is 6.37. The van der Waals surface area contributed by atoms with Gasteiger partial charge in [0.05, 0.1) is 21.2 Å². The summed E-state index contributed by atoms with van der Waals surface area (Å²) in [7, 11) is -3.87. The van der Waals surface area contributed by atoms with Crippen LogP contribution in [0.4, 0.5) is 10.1 Å². The van der Waals surface area contributed by atoms with Crippen LogP contribution in [0.3, 0.4) is 0 Å². The van der Waals surface area contributed by atoms with E-state index < -0.39 is 21.7 Å². The van der Waals surface area contributed by atoms with Crippen molar-refractivity contribution in [2.75, 3.05) is 5.32 Å². The van der Waals surface area contributed by atoms with Crippen molar-refractivity contribution in [3.63, 3.8) is 0 Å². The fourth-order valence-corrected chi connectivity index (χ4v) is 4.94. The third kappa shape index (κ3) is 4.71. The van der Waals surface area contributed by atoms with E-state index in [0.717, 1.165) is 43.9 Å². The van der Waals surface area contributed by atoms with Gasteiger partial charge in [0.2, 0.25) is 10.0 Å². The molecule has 0 unspecified atom stereocenters. The molecule has 1 aliphatic carbocycles. The first kappa shape index (κ1) is 20.8. The summed E-state index contributed by atoms with van der Waals surface area (Å²) in [6.07, 6.45) is 3.78. The van der Waals surface area contributed by atoms with Gasteiger partial charge in [0, 0.05) is 6.04 Å². The molecule has 0 saturated heterocycles. The molecule has 1 amide bonds. The summed E-state index contributed by atoms with van der Waals surface area (Å²) in [5.74, 6) is -1.35. The van der Waals surface area contributed by atoms with E-state index in [9.17, 15) is 17.6 Å². The van der Waals surface area contributed by atoms with E-state index >= 15 is 0 Å². The van der Waals surface area contributed by atoms with Gasteiger partial charge in [-0.15, -0.1) is 0 Å². The van der Waals surface area contributed by atoms with Crippen LogP contribution in [0.15, 0.2) is 47.4 Å². The lowest BCUT2D eigenvalue weighted by Gasteiger charge is -2.29. The Morgan fingerprint density at radius 1 is 1.14 bits per heavy atom. The molecular weight excluding hydrogens is 403 g/mol. The molecule has 0 aromatic heterocycles. The van der Waals surface area contributed by atoms with Crippen molar-refractivity contribution in [3.05, 3.63) is 58.9 Å². The molecule has 0 bridgehead atoms. The highest BCUT2D eigenvalue weighted by Gasteiger charge is 2.27. The van der Waals surface area contributed by atoms with Crippen LogP contribution in [0.2, 0.25) is 5.02 Å². The number of carbonyl (C=O) groups excluding carboxylic acids is 1. The lowest BCUT2D eigenvalue weighted by Crippen LogP contribution is -2.41. The zero-order chi connectivity index (χ0) is 20.3. The van der Waals surface area contributed by atoms with E-state index in [1.807, 2.05) is 6.92 Å². The molecule has 1 saturated carbocycles. The molecule has 0 heterocycles. The van der Waals surface area contributed by atoms with Crippen molar-refractivity contribution in [1.29, 1.82) is 0 Å². The Balaban J connectivity index is 1.84. The molecule has 2 aromatic rings. The minimum absolute atomic E-state index is 0.143. The first-order chi connectivity index (χ1) is 13.3. The smallest absolute Gasteiger partial charge is 0.258 e. The third-order valence-electron chi connectivity index (χ3n) is 5.03. The monoisotopic (exact) mass is 424 g/mol. The highest BCUT2D eigenvalue weighted by atomic mass is 35.5. The van der Waals surface area contributed by atoms with Crippen LogP contribution in [0.25, 0.3) is 0 Å². The molecule has 28 heavy (non-hydrogen) atoms. The van der Waals surface area contributed by atoms with Crippen molar-refractivity contribution >= 4 is 33.2 Å². The van der Waals surface area contributed by atoms with E-state index in [2.05, 4.69) is 10.0 Å². The zero-order valence-electron chi connectivity index (χ0n) is 15.4. The van der Waals surface area contributed by atoms with Gasteiger partial charge in [-0.3, -0.25) is 4.79 Å². The molecule has 5 nitrogen and oxygen atoms in total. The maximum absolute atomic E-state index is 14.2. The number of para-hydroxylation sites is 1. The molecule has 1 aliphatic rings. The molecule has 1 fully saturated rings. The topological polar surface area (TPSA) is 75.3 Å². The Bertz CT molecular complexity index is 981. The van der Waals surface area contributed by atoms with Crippen LogP contribution >= 0.6 is 11.6 Å². The van der Waals surface area contributed by atoms with Crippen molar-refractivity contribution < 1.29 is 17.6 Å². The molecule has 2 aromatic carbocycles. The minimum Gasteiger partial charge on any atom is -0.321 e. The number of benzene rings is 2. The largest absolute Gasteiger partial charge is 0.321 e. The summed E-state index contributed by atoms with van der Waals surface area (Å²) >= 11 is 6.01. The predicted octanol–water partition coefficient (Wildman–Crippen LogP) is 4.59. The molecule has 8 heteroatoms. The van der Waals surface area contributed by atoms with Crippen LogP contribution in [-0.2, 0) is 10.0 Å². The lowest BCUT2D eigenvalue weighted by atomic mass is 9.87. The maximum Gasteiger partial charge on any atom is 0.258 e. The van der Waals surface area contributed by atoms with Gasteiger partial charge in [-0.25, -0.2) is 17.5 Å². The number of hydrogen-bond donors (Lipinski definition) is 2. The highest BCUT2D eigenvalue weighted by molar-refractivity contribution is 7.89. The second-order valence-electron chi connectivity index (χ2n) is 7.07. The Morgan fingerprint density at radius 2 is 1.86 bits per heavy atom. The number of sulfonamides is 1. The van der Waals surface area contributed by atoms with E-state index in [1.165, 1.54) is 0 Å². The molecular formula is C20H22ClFN2O3S. The Labute approximate surface area is 169 Å². The van der Waals surface area contributed by atoms with Crippen LogP contribution in [0.1, 0.15) is 43.0 Å². The highest BCUT2D eigenvalue weighted by Crippen LogP contribution is 2.26.